The Kier molecular flexibility index (Phi) is 5.66. The number of aromatic hydroxyl groups is 1. The van der Waals surface area contributed by atoms with Gasteiger partial charge in [-0.3, -0.25) is 9.69 Å². The maximum Gasteiger partial charge on any atom is 0.246 e. The number of carbonyl (C=O) groups excluding carboxylic acids is 1. The summed E-state index contributed by atoms with van der Waals surface area (Å²) < 4.78 is 7.72. The number of halogens is 1. The predicted octanol–water partition coefficient (Wildman–Crippen LogP) is 5.29. The number of rotatable bonds is 5. The molecule has 7 heteroatoms. The van der Waals surface area contributed by atoms with Crippen molar-refractivity contribution in [1.29, 1.82) is 0 Å². The van der Waals surface area contributed by atoms with Gasteiger partial charge in [0.1, 0.15) is 6.10 Å². The lowest BCUT2D eigenvalue weighted by Gasteiger charge is -2.60. The molecule has 3 heterocycles. The number of piperidine rings is 1. The Morgan fingerprint density at radius 1 is 1.43 bits per heavy atom. The monoisotopic (exact) mass is 554 g/mol. The number of phenols is 1. The average molecular weight is 556 g/mol. The summed E-state index contributed by atoms with van der Waals surface area (Å²) in [4.78, 5) is 18.8. The van der Waals surface area contributed by atoms with Crippen LogP contribution in [-0.4, -0.2) is 59.1 Å². The van der Waals surface area contributed by atoms with E-state index in [9.17, 15) is 9.90 Å². The van der Waals surface area contributed by atoms with Crippen LogP contribution in [0.15, 0.2) is 40.7 Å². The van der Waals surface area contributed by atoms with Crippen LogP contribution in [0.25, 0.3) is 6.08 Å². The molecule has 0 radical (unpaired) electrons. The van der Waals surface area contributed by atoms with E-state index in [0.717, 1.165) is 53.7 Å². The zero-order valence-corrected chi connectivity index (χ0v) is 22.6. The number of hydrogen-bond donors (Lipinski definition) is 1. The summed E-state index contributed by atoms with van der Waals surface area (Å²) in [5, 5.41) is 12.9. The first-order chi connectivity index (χ1) is 16.8. The molecule has 2 fully saturated rings. The molecule has 1 spiro atoms. The summed E-state index contributed by atoms with van der Waals surface area (Å²) in [5.74, 6) is 1.36. The van der Waals surface area contributed by atoms with Crippen LogP contribution in [0, 0.1) is 12.8 Å². The van der Waals surface area contributed by atoms with Crippen LogP contribution in [0.3, 0.4) is 0 Å². The van der Waals surface area contributed by atoms with Crippen molar-refractivity contribution >= 4 is 39.2 Å². The summed E-state index contributed by atoms with van der Waals surface area (Å²) in [6.07, 6.45) is 9.36. The molecule has 5 nitrogen and oxygen atoms in total. The van der Waals surface area contributed by atoms with Gasteiger partial charge in [0, 0.05) is 51.4 Å². The highest BCUT2D eigenvalue weighted by Crippen LogP contribution is 2.64. The SMILES string of the molecule is C=CCN1CC[C@]23c4c5c(C)cc(O)c4O[C@H]2[C@@H](N(C)C(=O)/C=C/c2cc(Br)cs2)CC[C@H]3[C@H]1C5. The van der Waals surface area contributed by atoms with E-state index < -0.39 is 0 Å². The third-order valence-electron chi connectivity index (χ3n) is 8.94. The fourth-order valence-electron chi connectivity index (χ4n) is 7.50. The summed E-state index contributed by atoms with van der Waals surface area (Å²) in [6, 6.07) is 4.28. The first kappa shape index (κ1) is 23.3. The lowest BCUT2D eigenvalue weighted by Crippen LogP contribution is -2.68. The Hall–Kier alpha value is -2.09. The van der Waals surface area contributed by atoms with Gasteiger partial charge < -0.3 is 14.7 Å². The van der Waals surface area contributed by atoms with Gasteiger partial charge in [-0.2, -0.15) is 0 Å². The minimum absolute atomic E-state index is 0.00833. The van der Waals surface area contributed by atoms with E-state index in [-0.39, 0.29) is 29.2 Å². The van der Waals surface area contributed by atoms with Crippen molar-refractivity contribution in [3.05, 3.63) is 62.3 Å². The maximum atomic E-state index is 13.3. The standard InChI is InChI=1S/C28H31BrN2O3S/c1-4-10-31-11-9-28-20-6-7-21(30(3)24(33)8-5-18-13-17(29)15-35-18)27(28)34-26-23(32)12-16(2)19(25(26)28)14-22(20)31/h4-5,8,12-13,15,20-22,27,32H,1,6-7,9-11,14H2,2-3H3/b8-5+/t20-,21-,22+,27-,28-/m0/s1. The fraction of sp³-hybridized carbons (Fsp3) is 0.464. The number of thiophene rings is 1. The van der Waals surface area contributed by atoms with Gasteiger partial charge in [-0.05, 0) is 90.3 Å². The van der Waals surface area contributed by atoms with Gasteiger partial charge in [0.05, 0.1) is 6.04 Å². The number of nitrogens with zero attached hydrogens (tertiary/aromatic N) is 2. The second-order valence-corrected chi connectivity index (χ2v) is 12.3. The Balaban J connectivity index is 1.38. The fourth-order valence-corrected chi connectivity index (χ4v) is 8.84. The molecule has 5 atom stereocenters. The molecule has 4 aliphatic rings. The maximum absolute atomic E-state index is 13.3. The number of hydrogen-bond acceptors (Lipinski definition) is 5. The van der Waals surface area contributed by atoms with Gasteiger partial charge in [-0.15, -0.1) is 17.9 Å². The Morgan fingerprint density at radius 3 is 3.00 bits per heavy atom. The number of aryl methyl sites for hydroxylation is 1. The smallest absolute Gasteiger partial charge is 0.246 e. The lowest BCUT2D eigenvalue weighted by molar-refractivity contribution is -0.135. The van der Waals surface area contributed by atoms with Crippen LogP contribution in [0.4, 0.5) is 0 Å². The summed E-state index contributed by atoms with van der Waals surface area (Å²) in [5.41, 5.74) is 3.57. The van der Waals surface area contributed by atoms with Gasteiger partial charge in [-0.25, -0.2) is 0 Å². The minimum Gasteiger partial charge on any atom is -0.504 e. The average Bonchev–Trinajstić information content (AvgIpc) is 3.41. The molecule has 2 aliphatic heterocycles. The van der Waals surface area contributed by atoms with Crippen molar-refractivity contribution < 1.29 is 14.6 Å². The largest absolute Gasteiger partial charge is 0.504 e. The molecule has 1 saturated carbocycles. The number of ether oxygens (including phenoxy) is 1. The molecule has 184 valence electrons. The van der Waals surface area contributed by atoms with Crippen LogP contribution in [0.1, 0.15) is 40.8 Å². The van der Waals surface area contributed by atoms with Crippen molar-refractivity contribution in [2.24, 2.45) is 5.92 Å². The van der Waals surface area contributed by atoms with E-state index in [2.05, 4.69) is 34.3 Å². The molecule has 2 aliphatic carbocycles. The van der Waals surface area contributed by atoms with E-state index in [1.54, 1.807) is 17.4 Å². The van der Waals surface area contributed by atoms with Gasteiger partial charge in [0.25, 0.3) is 0 Å². The molecule has 1 amide bonds. The quantitative estimate of drug-likeness (QED) is 0.403. The highest BCUT2D eigenvalue weighted by atomic mass is 79.9. The Morgan fingerprint density at radius 2 is 2.26 bits per heavy atom. The lowest BCUT2D eigenvalue weighted by atomic mass is 9.50. The van der Waals surface area contributed by atoms with E-state index >= 15 is 0 Å². The second-order valence-electron chi connectivity index (χ2n) is 10.5. The number of carbonyl (C=O) groups is 1. The highest BCUT2D eigenvalue weighted by Gasteiger charge is 2.66. The minimum atomic E-state index is -0.158. The van der Waals surface area contributed by atoms with Crippen molar-refractivity contribution in [2.75, 3.05) is 20.1 Å². The zero-order chi connectivity index (χ0) is 24.5. The first-order valence-corrected chi connectivity index (χ1v) is 14.1. The van der Waals surface area contributed by atoms with E-state index in [4.69, 9.17) is 4.74 Å². The first-order valence-electron chi connectivity index (χ1n) is 12.4. The van der Waals surface area contributed by atoms with Crippen LogP contribution in [0.5, 0.6) is 11.5 Å². The van der Waals surface area contributed by atoms with E-state index in [0.29, 0.717) is 17.7 Å². The van der Waals surface area contributed by atoms with Gasteiger partial charge in [0.2, 0.25) is 5.91 Å². The highest BCUT2D eigenvalue weighted by molar-refractivity contribution is 9.10. The Labute approximate surface area is 219 Å². The van der Waals surface area contributed by atoms with Gasteiger partial charge in [-0.1, -0.05) is 6.08 Å². The number of likely N-dealkylation sites (N-methyl/N-ethyl adjacent to an activating group) is 1. The molecule has 1 N–H and O–H groups in total. The summed E-state index contributed by atoms with van der Waals surface area (Å²) >= 11 is 5.08. The molecule has 1 saturated heterocycles. The molecule has 0 unspecified atom stereocenters. The number of likely N-dealkylation sites (tertiary alicyclic amines) is 1. The van der Waals surface area contributed by atoms with E-state index in [1.807, 2.05) is 41.6 Å². The number of amides is 1. The number of benzene rings is 1. The molecule has 6 rings (SSSR count). The normalized spacial score (nSPS) is 30.7. The van der Waals surface area contributed by atoms with Crippen molar-refractivity contribution in [3.63, 3.8) is 0 Å². The van der Waals surface area contributed by atoms with Gasteiger partial charge in [0.15, 0.2) is 11.5 Å². The van der Waals surface area contributed by atoms with Crippen molar-refractivity contribution in [1.82, 2.24) is 9.80 Å². The molecule has 35 heavy (non-hydrogen) atoms. The van der Waals surface area contributed by atoms with Crippen LogP contribution in [0.2, 0.25) is 0 Å². The summed E-state index contributed by atoms with van der Waals surface area (Å²) in [6.45, 7) is 7.99. The Bertz CT molecular complexity index is 1240. The van der Waals surface area contributed by atoms with Crippen molar-refractivity contribution in [2.45, 2.75) is 56.2 Å². The third-order valence-corrected chi connectivity index (χ3v) is 10.6. The molecular weight excluding hydrogens is 524 g/mol. The second kappa shape index (κ2) is 8.49. The van der Waals surface area contributed by atoms with Gasteiger partial charge >= 0.3 is 0 Å². The zero-order valence-electron chi connectivity index (χ0n) is 20.2. The van der Waals surface area contributed by atoms with Crippen LogP contribution in [-0.2, 0) is 16.6 Å². The van der Waals surface area contributed by atoms with E-state index in [1.165, 1.54) is 11.1 Å². The molecule has 1 aromatic heterocycles. The van der Waals surface area contributed by atoms with Crippen molar-refractivity contribution in [3.8, 4) is 11.5 Å². The predicted molar refractivity (Wildman–Crippen MR) is 143 cm³/mol. The van der Waals surface area contributed by atoms with Crippen LogP contribution < -0.4 is 4.74 Å². The molecule has 1 aromatic carbocycles. The molecule has 2 bridgehead atoms. The number of phenolic OH excluding ortho intramolecular Hbond substituents is 1. The third kappa shape index (κ3) is 3.38. The summed E-state index contributed by atoms with van der Waals surface area (Å²) in [7, 11) is 1.91. The topological polar surface area (TPSA) is 53.0 Å². The van der Waals surface area contributed by atoms with Crippen LogP contribution >= 0.6 is 27.3 Å². The molecule has 2 aromatic rings. The molecular formula is C28H31BrN2O3S.